The van der Waals surface area contributed by atoms with E-state index in [0.29, 0.717) is 16.9 Å². The molecule has 3 rings (SSSR count). The quantitative estimate of drug-likeness (QED) is 0.702. The van der Waals surface area contributed by atoms with Gasteiger partial charge in [0.1, 0.15) is 0 Å². The molecule has 1 aliphatic heterocycles. The summed E-state index contributed by atoms with van der Waals surface area (Å²) in [6.07, 6.45) is 3.65. The summed E-state index contributed by atoms with van der Waals surface area (Å²) in [4.78, 5) is 14.6. The van der Waals surface area contributed by atoms with Crippen molar-refractivity contribution in [3.63, 3.8) is 0 Å². The fourth-order valence-electron chi connectivity index (χ4n) is 2.75. The van der Waals surface area contributed by atoms with Gasteiger partial charge in [0.05, 0.1) is 0 Å². The smallest absolute Gasteiger partial charge is 0.251 e. The molecule has 1 amide bonds. The van der Waals surface area contributed by atoms with Gasteiger partial charge >= 0.3 is 0 Å². The molecule has 5 heteroatoms. The van der Waals surface area contributed by atoms with Gasteiger partial charge in [-0.15, -0.1) is 0 Å². The van der Waals surface area contributed by atoms with Crippen LogP contribution >= 0.6 is 0 Å². The number of carbonyl (C=O) groups is 1. The molecule has 1 saturated heterocycles. The first kappa shape index (κ1) is 12.3. The topological polar surface area (TPSA) is 84.4 Å². The molecule has 1 aromatic rings. The van der Waals surface area contributed by atoms with E-state index >= 15 is 0 Å². The van der Waals surface area contributed by atoms with Gasteiger partial charge in [-0.3, -0.25) is 9.69 Å². The van der Waals surface area contributed by atoms with E-state index in [1.165, 1.54) is 12.8 Å². The van der Waals surface area contributed by atoms with E-state index in [2.05, 4.69) is 10.2 Å². The average Bonchev–Trinajstić information content (AvgIpc) is 3.09. The summed E-state index contributed by atoms with van der Waals surface area (Å²) in [5.41, 5.74) is 13.0. The highest BCUT2D eigenvalue weighted by atomic mass is 16.1. The number of nitrogen functional groups attached to an aromatic ring is 2. The maximum Gasteiger partial charge on any atom is 0.251 e. The van der Waals surface area contributed by atoms with Gasteiger partial charge in [-0.1, -0.05) is 0 Å². The highest BCUT2D eigenvalue weighted by Crippen LogP contribution is 2.29. The Hall–Kier alpha value is -1.75. The van der Waals surface area contributed by atoms with Gasteiger partial charge in [0.2, 0.25) is 0 Å². The third-order valence-electron chi connectivity index (χ3n) is 3.86. The summed E-state index contributed by atoms with van der Waals surface area (Å²) in [6, 6.07) is 6.00. The fourth-order valence-corrected chi connectivity index (χ4v) is 2.75. The molecule has 1 atom stereocenters. The number of hydrogen-bond donors (Lipinski definition) is 3. The fraction of sp³-hybridized carbons (Fsp3) is 0.500. The predicted octanol–water partition coefficient (Wildman–Crippen LogP) is 0.818. The highest BCUT2D eigenvalue weighted by Gasteiger charge is 2.34. The molecular weight excluding hydrogens is 240 g/mol. The van der Waals surface area contributed by atoms with Gasteiger partial charge < -0.3 is 16.8 Å². The van der Waals surface area contributed by atoms with E-state index in [1.807, 2.05) is 0 Å². The second-order valence-electron chi connectivity index (χ2n) is 5.57. The summed E-state index contributed by atoms with van der Waals surface area (Å²) in [6.45, 7) is 2.06. The number of nitrogens with one attached hydrogen (secondary N) is 1. The molecule has 102 valence electrons. The Balaban J connectivity index is 1.61. The van der Waals surface area contributed by atoms with E-state index in [4.69, 9.17) is 11.5 Å². The predicted molar refractivity (Wildman–Crippen MR) is 75.7 cm³/mol. The number of benzene rings is 1. The molecule has 2 fully saturated rings. The lowest BCUT2D eigenvalue weighted by Crippen LogP contribution is -2.37. The van der Waals surface area contributed by atoms with E-state index < -0.39 is 0 Å². The van der Waals surface area contributed by atoms with Crippen LogP contribution in [0.5, 0.6) is 0 Å². The number of likely N-dealkylation sites (tertiary alicyclic amines) is 1. The molecule has 5 N–H and O–H groups in total. The molecular formula is C14H20N4O. The molecule has 0 radical (unpaired) electrons. The molecule has 1 aliphatic carbocycles. The van der Waals surface area contributed by atoms with E-state index in [-0.39, 0.29) is 11.9 Å². The van der Waals surface area contributed by atoms with Crippen LogP contribution in [0.25, 0.3) is 0 Å². The van der Waals surface area contributed by atoms with E-state index in [9.17, 15) is 4.79 Å². The zero-order valence-corrected chi connectivity index (χ0v) is 10.9. The second kappa shape index (κ2) is 4.74. The Kier molecular flexibility index (Phi) is 3.06. The SMILES string of the molecule is Nc1cc(N)cc(C(=O)NC2CCN(C3CC3)C2)c1. The maximum atomic E-state index is 12.2. The number of rotatable bonds is 3. The standard InChI is InChI=1S/C14H20N4O/c15-10-5-9(6-11(16)7-10)14(19)17-12-3-4-18(8-12)13-1-2-13/h5-7,12-13H,1-4,8,15-16H2,(H,17,19). The van der Waals surface area contributed by atoms with Crippen LogP contribution in [0.3, 0.4) is 0 Å². The zero-order chi connectivity index (χ0) is 13.4. The molecule has 1 unspecified atom stereocenters. The third kappa shape index (κ3) is 2.81. The Morgan fingerprint density at radius 1 is 1.16 bits per heavy atom. The van der Waals surface area contributed by atoms with Crippen LogP contribution in [0.15, 0.2) is 18.2 Å². The van der Waals surface area contributed by atoms with Crippen LogP contribution in [-0.4, -0.2) is 36.0 Å². The molecule has 1 aromatic carbocycles. The normalized spacial score (nSPS) is 23.5. The number of nitrogens with zero attached hydrogens (tertiary/aromatic N) is 1. The first-order chi connectivity index (χ1) is 9.11. The van der Waals surface area contributed by atoms with Gasteiger partial charge in [-0.2, -0.15) is 0 Å². The number of amides is 1. The van der Waals surface area contributed by atoms with Gasteiger partial charge in [-0.05, 0) is 37.5 Å². The van der Waals surface area contributed by atoms with Crippen molar-refractivity contribution in [2.45, 2.75) is 31.3 Å². The summed E-state index contributed by atoms with van der Waals surface area (Å²) in [5.74, 6) is -0.0818. The lowest BCUT2D eigenvalue weighted by Gasteiger charge is -2.16. The number of hydrogen-bond acceptors (Lipinski definition) is 4. The van der Waals surface area contributed by atoms with Crippen LogP contribution in [0.2, 0.25) is 0 Å². The van der Waals surface area contributed by atoms with Crippen molar-refractivity contribution in [1.82, 2.24) is 10.2 Å². The third-order valence-corrected chi connectivity index (χ3v) is 3.86. The van der Waals surface area contributed by atoms with E-state index in [1.54, 1.807) is 18.2 Å². The lowest BCUT2D eigenvalue weighted by molar-refractivity contribution is 0.0937. The summed E-state index contributed by atoms with van der Waals surface area (Å²) in [7, 11) is 0. The molecule has 2 aliphatic rings. The average molecular weight is 260 g/mol. The van der Waals surface area contributed by atoms with Gasteiger partial charge in [0.25, 0.3) is 5.91 Å². The van der Waals surface area contributed by atoms with Crippen LogP contribution in [-0.2, 0) is 0 Å². The lowest BCUT2D eigenvalue weighted by atomic mass is 10.1. The monoisotopic (exact) mass is 260 g/mol. The van der Waals surface area contributed by atoms with Crippen LogP contribution < -0.4 is 16.8 Å². The van der Waals surface area contributed by atoms with Crippen LogP contribution in [0.4, 0.5) is 11.4 Å². The molecule has 0 spiro atoms. The molecule has 5 nitrogen and oxygen atoms in total. The second-order valence-corrected chi connectivity index (χ2v) is 5.57. The number of carbonyl (C=O) groups excluding carboxylic acids is 1. The van der Waals surface area contributed by atoms with Crippen molar-refractivity contribution in [2.75, 3.05) is 24.6 Å². The molecule has 1 saturated carbocycles. The zero-order valence-electron chi connectivity index (χ0n) is 10.9. The van der Waals surface area contributed by atoms with Gasteiger partial charge in [0.15, 0.2) is 0 Å². The molecule has 0 aromatic heterocycles. The van der Waals surface area contributed by atoms with Crippen LogP contribution in [0.1, 0.15) is 29.6 Å². The van der Waals surface area contributed by atoms with E-state index in [0.717, 1.165) is 25.6 Å². The maximum absolute atomic E-state index is 12.2. The Labute approximate surface area is 112 Å². The molecule has 19 heavy (non-hydrogen) atoms. The van der Waals surface area contributed by atoms with Crippen LogP contribution in [0, 0.1) is 0 Å². The van der Waals surface area contributed by atoms with Crippen molar-refractivity contribution >= 4 is 17.3 Å². The Morgan fingerprint density at radius 2 is 1.84 bits per heavy atom. The minimum Gasteiger partial charge on any atom is -0.399 e. The summed E-state index contributed by atoms with van der Waals surface area (Å²) < 4.78 is 0. The molecule has 0 bridgehead atoms. The summed E-state index contributed by atoms with van der Waals surface area (Å²) >= 11 is 0. The van der Waals surface area contributed by atoms with Crippen molar-refractivity contribution in [1.29, 1.82) is 0 Å². The number of anilines is 2. The Bertz CT molecular complexity index is 478. The van der Waals surface area contributed by atoms with Crippen molar-refractivity contribution in [3.05, 3.63) is 23.8 Å². The Morgan fingerprint density at radius 3 is 2.47 bits per heavy atom. The minimum atomic E-state index is -0.0818. The number of nitrogens with two attached hydrogens (primary N) is 2. The van der Waals surface area contributed by atoms with Crippen molar-refractivity contribution in [2.24, 2.45) is 0 Å². The summed E-state index contributed by atoms with van der Waals surface area (Å²) in [5, 5.41) is 3.07. The first-order valence-electron chi connectivity index (χ1n) is 6.83. The van der Waals surface area contributed by atoms with Crippen molar-refractivity contribution in [3.8, 4) is 0 Å². The largest absolute Gasteiger partial charge is 0.399 e. The molecule has 1 heterocycles. The van der Waals surface area contributed by atoms with Gasteiger partial charge in [0, 0.05) is 42.1 Å². The first-order valence-corrected chi connectivity index (χ1v) is 6.83. The highest BCUT2D eigenvalue weighted by molar-refractivity contribution is 5.96. The minimum absolute atomic E-state index is 0.0818. The van der Waals surface area contributed by atoms with Gasteiger partial charge in [-0.25, -0.2) is 0 Å². The van der Waals surface area contributed by atoms with Crippen molar-refractivity contribution < 1.29 is 4.79 Å².